The molecule has 2 heterocycles. The number of carbonyl (C=O) groups excluding carboxylic acids is 1. The highest BCUT2D eigenvalue weighted by Crippen LogP contribution is 2.25. The maximum atomic E-state index is 12.8. The number of halogens is 2. The molecule has 1 saturated heterocycles. The number of imidazole rings is 1. The standard InChI is InChI=1S/C24H26Cl2N4O/c25-22-8-7-20(23(26)12-22)15-29-10-1-2-21(16-29)24(31)28-13-18-3-5-19(6-4-18)14-30-11-9-27-17-30/h3-9,11-12,17,21H,1-2,10,13-16H2,(H,28,31). The van der Waals surface area contributed by atoms with Crippen molar-refractivity contribution in [3.63, 3.8) is 0 Å². The summed E-state index contributed by atoms with van der Waals surface area (Å²) in [5.41, 5.74) is 3.35. The van der Waals surface area contributed by atoms with E-state index in [1.165, 1.54) is 5.56 Å². The zero-order chi connectivity index (χ0) is 21.6. The van der Waals surface area contributed by atoms with Gasteiger partial charge in [-0.15, -0.1) is 0 Å². The summed E-state index contributed by atoms with van der Waals surface area (Å²) in [6.07, 6.45) is 7.46. The number of nitrogens with zero attached hydrogens (tertiary/aromatic N) is 3. The summed E-state index contributed by atoms with van der Waals surface area (Å²) in [4.78, 5) is 19.1. The van der Waals surface area contributed by atoms with Crippen LogP contribution in [0.4, 0.5) is 0 Å². The number of aromatic nitrogens is 2. The summed E-state index contributed by atoms with van der Waals surface area (Å²) in [5.74, 6) is 0.120. The fraction of sp³-hybridized carbons (Fsp3) is 0.333. The molecule has 1 fully saturated rings. The lowest BCUT2D eigenvalue weighted by molar-refractivity contribution is -0.126. The van der Waals surface area contributed by atoms with Crippen molar-refractivity contribution in [1.82, 2.24) is 19.8 Å². The Hall–Kier alpha value is -2.34. The van der Waals surface area contributed by atoms with Gasteiger partial charge in [0.15, 0.2) is 0 Å². The lowest BCUT2D eigenvalue weighted by atomic mass is 9.96. The summed E-state index contributed by atoms with van der Waals surface area (Å²) in [6.45, 7) is 3.79. The third-order valence-electron chi connectivity index (χ3n) is 5.70. The Morgan fingerprint density at radius 2 is 1.90 bits per heavy atom. The molecule has 1 amide bonds. The van der Waals surface area contributed by atoms with Gasteiger partial charge in [0.2, 0.25) is 5.91 Å². The first-order valence-electron chi connectivity index (χ1n) is 10.5. The predicted molar refractivity (Wildman–Crippen MR) is 124 cm³/mol. The van der Waals surface area contributed by atoms with Gasteiger partial charge in [-0.1, -0.05) is 53.5 Å². The van der Waals surface area contributed by atoms with Gasteiger partial charge in [0, 0.05) is 48.6 Å². The Morgan fingerprint density at radius 1 is 1.10 bits per heavy atom. The average Bonchev–Trinajstić information content (AvgIpc) is 3.28. The van der Waals surface area contributed by atoms with Crippen molar-refractivity contribution in [1.29, 1.82) is 0 Å². The molecule has 0 radical (unpaired) electrons. The van der Waals surface area contributed by atoms with Crippen LogP contribution in [0.3, 0.4) is 0 Å². The largest absolute Gasteiger partial charge is 0.352 e. The first-order valence-corrected chi connectivity index (χ1v) is 11.3. The number of benzene rings is 2. The monoisotopic (exact) mass is 456 g/mol. The summed E-state index contributed by atoms with van der Waals surface area (Å²) >= 11 is 12.3. The smallest absolute Gasteiger partial charge is 0.224 e. The molecule has 0 aliphatic carbocycles. The van der Waals surface area contributed by atoms with Crippen molar-refractivity contribution < 1.29 is 4.79 Å². The van der Waals surface area contributed by atoms with Crippen molar-refractivity contribution in [3.8, 4) is 0 Å². The van der Waals surface area contributed by atoms with E-state index in [0.717, 1.165) is 50.1 Å². The van der Waals surface area contributed by atoms with E-state index in [1.807, 2.05) is 29.2 Å². The number of nitrogens with one attached hydrogen (secondary N) is 1. The Kier molecular flexibility index (Phi) is 7.28. The number of piperidine rings is 1. The first kappa shape index (κ1) is 21.9. The maximum Gasteiger partial charge on any atom is 0.224 e. The molecule has 7 heteroatoms. The van der Waals surface area contributed by atoms with Crippen molar-refractivity contribution in [3.05, 3.63) is 87.9 Å². The van der Waals surface area contributed by atoms with Crippen LogP contribution < -0.4 is 5.32 Å². The van der Waals surface area contributed by atoms with E-state index in [1.54, 1.807) is 12.3 Å². The molecule has 1 aromatic heterocycles. The van der Waals surface area contributed by atoms with Crippen molar-refractivity contribution in [2.75, 3.05) is 13.1 Å². The zero-order valence-corrected chi connectivity index (χ0v) is 18.8. The Bertz CT molecular complexity index is 1000. The van der Waals surface area contributed by atoms with Gasteiger partial charge in [0.25, 0.3) is 0 Å². The first-order chi connectivity index (χ1) is 15.1. The van der Waals surface area contributed by atoms with E-state index >= 15 is 0 Å². The molecule has 1 aliphatic rings. The van der Waals surface area contributed by atoms with Crippen LogP contribution in [0.15, 0.2) is 61.2 Å². The summed E-state index contributed by atoms with van der Waals surface area (Å²) < 4.78 is 2.03. The highest BCUT2D eigenvalue weighted by atomic mass is 35.5. The number of hydrogen-bond acceptors (Lipinski definition) is 3. The maximum absolute atomic E-state index is 12.8. The third-order valence-corrected chi connectivity index (χ3v) is 6.29. The van der Waals surface area contributed by atoms with Crippen molar-refractivity contribution in [2.24, 2.45) is 5.92 Å². The summed E-state index contributed by atoms with van der Waals surface area (Å²) in [6, 6.07) is 13.9. The number of carbonyl (C=O) groups is 1. The van der Waals surface area contributed by atoms with Crippen LogP contribution in [0.2, 0.25) is 10.0 Å². The minimum atomic E-state index is 0.000315. The van der Waals surface area contributed by atoms with Crippen LogP contribution >= 0.6 is 23.2 Å². The molecule has 1 aliphatic heterocycles. The predicted octanol–water partition coefficient (Wildman–Crippen LogP) is 4.77. The number of hydrogen-bond donors (Lipinski definition) is 1. The van der Waals surface area contributed by atoms with E-state index in [0.29, 0.717) is 16.6 Å². The van der Waals surface area contributed by atoms with Gasteiger partial charge in [-0.25, -0.2) is 4.98 Å². The van der Waals surface area contributed by atoms with E-state index in [2.05, 4.69) is 39.5 Å². The summed E-state index contributed by atoms with van der Waals surface area (Å²) in [5, 5.41) is 4.43. The van der Waals surface area contributed by atoms with Gasteiger partial charge in [-0.05, 0) is 48.2 Å². The van der Waals surface area contributed by atoms with Gasteiger partial charge in [-0.3, -0.25) is 9.69 Å². The number of amides is 1. The second-order valence-electron chi connectivity index (χ2n) is 8.08. The van der Waals surface area contributed by atoms with E-state index < -0.39 is 0 Å². The van der Waals surface area contributed by atoms with Crippen molar-refractivity contribution >= 4 is 29.1 Å². The molecule has 1 N–H and O–H groups in total. The van der Waals surface area contributed by atoms with Crippen molar-refractivity contribution in [2.45, 2.75) is 32.5 Å². The third kappa shape index (κ3) is 6.10. The van der Waals surface area contributed by atoms with Crippen LogP contribution in [0.1, 0.15) is 29.5 Å². The fourth-order valence-electron chi connectivity index (χ4n) is 3.99. The minimum absolute atomic E-state index is 0.000315. The molecular weight excluding hydrogens is 431 g/mol. The highest BCUT2D eigenvalue weighted by Gasteiger charge is 2.26. The molecule has 0 saturated carbocycles. The van der Waals surface area contributed by atoms with Crippen LogP contribution in [0.5, 0.6) is 0 Å². The second kappa shape index (κ2) is 10.3. The van der Waals surface area contributed by atoms with Gasteiger partial charge < -0.3 is 9.88 Å². The molecule has 1 unspecified atom stereocenters. The van der Waals surface area contributed by atoms with E-state index in [4.69, 9.17) is 23.2 Å². The van der Waals surface area contributed by atoms with Crippen LogP contribution in [0, 0.1) is 5.92 Å². The second-order valence-corrected chi connectivity index (χ2v) is 8.92. The molecule has 162 valence electrons. The minimum Gasteiger partial charge on any atom is -0.352 e. The zero-order valence-electron chi connectivity index (χ0n) is 17.3. The Morgan fingerprint density at radius 3 is 2.65 bits per heavy atom. The Labute approximate surface area is 193 Å². The van der Waals surface area contributed by atoms with Crippen LogP contribution in [-0.4, -0.2) is 33.4 Å². The molecule has 1 atom stereocenters. The molecule has 2 aromatic carbocycles. The fourth-order valence-corrected chi connectivity index (χ4v) is 4.46. The highest BCUT2D eigenvalue weighted by molar-refractivity contribution is 6.35. The lowest BCUT2D eigenvalue weighted by Crippen LogP contribution is -2.42. The lowest BCUT2D eigenvalue weighted by Gasteiger charge is -2.32. The molecule has 0 spiro atoms. The molecule has 0 bridgehead atoms. The number of rotatable bonds is 7. The molecule has 5 nitrogen and oxygen atoms in total. The van der Waals surface area contributed by atoms with E-state index in [9.17, 15) is 4.79 Å². The van der Waals surface area contributed by atoms with Gasteiger partial charge in [0.05, 0.1) is 12.2 Å². The Balaban J connectivity index is 1.27. The van der Waals surface area contributed by atoms with Gasteiger partial charge in [-0.2, -0.15) is 0 Å². The molecule has 4 rings (SSSR count). The molecular formula is C24H26Cl2N4O. The molecule has 31 heavy (non-hydrogen) atoms. The van der Waals surface area contributed by atoms with E-state index in [-0.39, 0.29) is 11.8 Å². The summed E-state index contributed by atoms with van der Waals surface area (Å²) in [7, 11) is 0. The van der Waals surface area contributed by atoms with Crippen LogP contribution in [-0.2, 0) is 24.4 Å². The van der Waals surface area contributed by atoms with Crippen LogP contribution in [0.25, 0.3) is 0 Å². The average molecular weight is 457 g/mol. The quantitative estimate of drug-likeness (QED) is 0.556. The van der Waals surface area contributed by atoms with Gasteiger partial charge in [0.1, 0.15) is 0 Å². The normalized spacial score (nSPS) is 16.9. The molecule has 3 aromatic rings. The van der Waals surface area contributed by atoms with Gasteiger partial charge >= 0.3 is 0 Å². The number of likely N-dealkylation sites (tertiary alicyclic amines) is 1. The SMILES string of the molecule is O=C(NCc1ccc(Cn2ccnc2)cc1)C1CCCN(Cc2ccc(Cl)cc2Cl)C1. The topological polar surface area (TPSA) is 50.2 Å².